The predicted octanol–water partition coefficient (Wildman–Crippen LogP) is 2.27. The zero-order valence-corrected chi connectivity index (χ0v) is 8.41. The maximum atomic E-state index is 10.4. The van der Waals surface area contributed by atoms with Crippen LogP contribution in [0.25, 0.3) is 0 Å². The smallest absolute Gasteiger partial charge is 0.188 e. The van der Waals surface area contributed by atoms with Gasteiger partial charge in [0.15, 0.2) is 18.8 Å². The van der Waals surface area contributed by atoms with Crippen LogP contribution in [0, 0.1) is 0 Å². The van der Waals surface area contributed by atoms with Crippen molar-refractivity contribution < 1.29 is 14.3 Å². The van der Waals surface area contributed by atoms with Gasteiger partial charge in [0.25, 0.3) is 0 Å². The van der Waals surface area contributed by atoms with E-state index in [1.807, 2.05) is 6.08 Å². The number of carbonyl (C=O) groups is 1. The molecule has 3 nitrogen and oxygen atoms in total. The van der Waals surface area contributed by atoms with Crippen LogP contribution in [-0.4, -0.2) is 20.2 Å². The van der Waals surface area contributed by atoms with Crippen molar-refractivity contribution in [3.8, 4) is 0 Å². The number of methoxy groups -OCH3 is 1. The van der Waals surface area contributed by atoms with Crippen molar-refractivity contribution in [2.24, 2.45) is 0 Å². The molecule has 0 saturated heterocycles. The van der Waals surface area contributed by atoms with E-state index >= 15 is 0 Å². The number of carbonyl (C=O) groups excluding carboxylic acids is 1. The van der Waals surface area contributed by atoms with Gasteiger partial charge in [0.05, 0.1) is 0 Å². The fourth-order valence-corrected chi connectivity index (χ4v) is 0.907. The molecule has 0 N–H and O–H groups in total. The molecule has 13 heavy (non-hydrogen) atoms. The lowest BCUT2D eigenvalue weighted by Gasteiger charge is -2.02. The van der Waals surface area contributed by atoms with Crippen LogP contribution < -0.4 is 0 Å². The number of hydrogen-bond donors (Lipinski definition) is 0. The summed E-state index contributed by atoms with van der Waals surface area (Å²) in [5.41, 5.74) is 0. The van der Waals surface area contributed by atoms with E-state index in [0.717, 1.165) is 12.8 Å². The van der Waals surface area contributed by atoms with E-state index in [0.29, 0.717) is 12.0 Å². The van der Waals surface area contributed by atoms with Crippen LogP contribution in [0.5, 0.6) is 0 Å². The minimum Gasteiger partial charge on any atom is -0.464 e. The molecule has 0 aromatic rings. The zero-order chi connectivity index (χ0) is 9.94. The highest BCUT2D eigenvalue weighted by atomic mass is 16.7. The van der Waals surface area contributed by atoms with Gasteiger partial charge >= 0.3 is 0 Å². The van der Waals surface area contributed by atoms with Crippen LogP contribution >= 0.6 is 0 Å². The van der Waals surface area contributed by atoms with Crippen molar-refractivity contribution in [3.63, 3.8) is 0 Å². The summed E-state index contributed by atoms with van der Waals surface area (Å²) in [6.45, 7) is 2.28. The second-order valence-corrected chi connectivity index (χ2v) is 2.77. The van der Waals surface area contributed by atoms with E-state index in [9.17, 15) is 4.79 Å². The fourth-order valence-electron chi connectivity index (χ4n) is 0.907. The number of unbranched alkanes of at least 4 members (excludes halogenated alkanes) is 3. The van der Waals surface area contributed by atoms with Crippen LogP contribution in [0.4, 0.5) is 0 Å². The van der Waals surface area contributed by atoms with E-state index in [4.69, 9.17) is 4.74 Å². The van der Waals surface area contributed by atoms with E-state index in [1.54, 1.807) is 0 Å². The first-order valence-electron chi connectivity index (χ1n) is 4.62. The Labute approximate surface area is 79.7 Å². The minimum atomic E-state index is 0.137. The molecule has 76 valence electrons. The largest absolute Gasteiger partial charge is 0.464 e. The molecule has 0 amide bonds. The molecule has 0 fully saturated rings. The molecular formula is C10H18O3. The Morgan fingerprint density at radius 2 is 2.15 bits per heavy atom. The molecule has 0 unspecified atom stereocenters. The van der Waals surface area contributed by atoms with Gasteiger partial charge in [-0.3, -0.25) is 4.79 Å². The summed E-state index contributed by atoms with van der Waals surface area (Å²) in [4.78, 5) is 10.4. The molecule has 0 spiro atoms. The Hall–Kier alpha value is -0.830. The third-order valence-corrected chi connectivity index (χ3v) is 1.61. The topological polar surface area (TPSA) is 35.5 Å². The van der Waals surface area contributed by atoms with E-state index < -0.39 is 0 Å². The molecule has 0 atom stereocenters. The number of allylic oxidation sites excluding steroid dienone is 2. The molecule has 0 aliphatic carbocycles. The highest BCUT2D eigenvalue weighted by Crippen LogP contribution is 2.03. The number of rotatable bonds is 8. The van der Waals surface area contributed by atoms with Crippen LogP contribution in [0.15, 0.2) is 11.8 Å². The Morgan fingerprint density at radius 3 is 2.69 bits per heavy atom. The van der Waals surface area contributed by atoms with Gasteiger partial charge in [-0.25, -0.2) is 0 Å². The zero-order valence-electron chi connectivity index (χ0n) is 8.41. The summed E-state index contributed by atoms with van der Waals surface area (Å²) in [6.07, 6.45) is 6.89. The van der Waals surface area contributed by atoms with Gasteiger partial charge in [0.1, 0.15) is 0 Å². The third-order valence-electron chi connectivity index (χ3n) is 1.61. The normalized spacial score (nSPS) is 11.4. The maximum absolute atomic E-state index is 10.4. The summed E-state index contributed by atoms with van der Waals surface area (Å²) in [7, 11) is 1.53. The van der Waals surface area contributed by atoms with Gasteiger partial charge in [-0.05, 0) is 18.9 Å². The second-order valence-electron chi connectivity index (χ2n) is 2.77. The van der Waals surface area contributed by atoms with Gasteiger partial charge in [-0.2, -0.15) is 0 Å². The van der Waals surface area contributed by atoms with Crippen molar-refractivity contribution in [2.45, 2.75) is 32.6 Å². The Balaban J connectivity index is 3.58. The van der Waals surface area contributed by atoms with Crippen LogP contribution in [0.3, 0.4) is 0 Å². The number of hydrogen-bond acceptors (Lipinski definition) is 3. The Bertz CT molecular complexity index is 152. The van der Waals surface area contributed by atoms with E-state index in [-0.39, 0.29) is 6.79 Å². The van der Waals surface area contributed by atoms with Gasteiger partial charge in [0, 0.05) is 7.11 Å². The summed E-state index contributed by atoms with van der Waals surface area (Å²) in [5.74, 6) is 0.373. The molecule has 3 heteroatoms. The molecule has 0 aliphatic rings. The molecule has 0 aromatic carbocycles. The SMILES string of the molecule is CCCCC/C=C(\C=O)OCOC. The van der Waals surface area contributed by atoms with Gasteiger partial charge < -0.3 is 9.47 Å². The summed E-state index contributed by atoms with van der Waals surface area (Å²) >= 11 is 0. The van der Waals surface area contributed by atoms with E-state index in [1.165, 1.54) is 20.0 Å². The maximum Gasteiger partial charge on any atom is 0.188 e. The fraction of sp³-hybridized carbons (Fsp3) is 0.700. The van der Waals surface area contributed by atoms with Gasteiger partial charge in [-0.1, -0.05) is 19.8 Å². The molecular weight excluding hydrogens is 168 g/mol. The van der Waals surface area contributed by atoms with Crippen molar-refractivity contribution in [2.75, 3.05) is 13.9 Å². The van der Waals surface area contributed by atoms with Crippen LogP contribution in [-0.2, 0) is 14.3 Å². The first-order chi connectivity index (χ1) is 6.35. The Morgan fingerprint density at radius 1 is 1.38 bits per heavy atom. The van der Waals surface area contributed by atoms with Crippen LogP contribution in [0.2, 0.25) is 0 Å². The summed E-state index contributed by atoms with van der Waals surface area (Å²) in [5, 5.41) is 0. The molecule has 0 radical (unpaired) electrons. The summed E-state index contributed by atoms with van der Waals surface area (Å²) < 4.78 is 9.67. The number of ether oxygens (including phenoxy) is 2. The van der Waals surface area contributed by atoms with E-state index in [2.05, 4.69) is 11.7 Å². The molecule has 0 saturated carbocycles. The third kappa shape index (κ3) is 7.53. The van der Waals surface area contributed by atoms with Crippen molar-refractivity contribution in [3.05, 3.63) is 11.8 Å². The standard InChI is InChI=1S/C10H18O3/c1-3-4-5-6-7-10(8-11)13-9-12-2/h7-8H,3-6,9H2,1-2H3/b10-7+. The predicted molar refractivity (Wildman–Crippen MR) is 51.3 cm³/mol. The van der Waals surface area contributed by atoms with Crippen LogP contribution in [0.1, 0.15) is 32.6 Å². The minimum absolute atomic E-state index is 0.137. The first kappa shape index (κ1) is 12.2. The summed E-state index contributed by atoms with van der Waals surface area (Å²) in [6, 6.07) is 0. The first-order valence-corrected chi connectivity index (χ1v) is 4.62. The monoisotopic (exact) mass is 186 g/mol. The molecule has 0 heterocycles. The highest BCUT2D eigenvalue weighted by Gasteiger charge is 1.94. The lowest BCUT2D eigenvalue weighted by atomic mass is 10.2. The molecule has 0 bridgehead atoms. The van der Waals surface area contributed by atoms with Crippen molar-refractivity contribution in [1.29, 1.82) is 0 Å². The quantitative estimate of drug-likeness (QED) is 0.192. The highest BCUT2D eigenvalue weighted by molar-refractivity contribution is 5.69. The Kier molecular flexibility index (Phi) is 8.67. The van der Waals surface area contributed by atoms with Crippen molar-refractivity contribution >= 4 is 6.29 Å². The average molecular weight is 186 g/mol. The second kappa shape index (κ2) is 9.26. The molecule has 0 aliphatic heterocycles. The van der Waals surface area contributed by atoms with Gasteiger partial charge in [0.2, 0.25) is 0 Å². The number of aldehydes is 1. The average Bonchev–Trinajstić information content (AvgIpc) is 2.17. The van der Waals surface area contributed by atoms with Gasteiger partial charge in [-0.15, -0.1) is 0 Å². The lowest BCUT2D eigenvalue weighted by Crippen LogP contribution is -1.97. The lowest BCUT2D eigenvalue weighted by molar-refractivity contribution is -0.110. The molecule has 0 aromatic heterocycles. The molecule has 0 rings (SSSR count). The van der Waals surface area contributed by atoms with Crippen molar-refractivity contribution in [1.82, 2.24) is 0 Å².